The van der Waals surface area contributed by atoms with E-state index >= 15 is 0 Å². The molecule has 3 rings (SSSR count). The average Bonchev–Trinajstić information content (AvgIpc) is 3.38. The molecule has 1 aromatic rings. The summed E-state index contributed by atoms with van der Waals surface area (Å²) in [6.07, 6.45) is 8.00. The summed E-state index contributed by atoms with van der Waals surface area (Å²) in [6, 6.07) is 1.44. The second-order valence-corrected chi connectivity index (χ2v) is 13.1. The maximum atomic E-state index is 13.5. The van der Waals surface area contributed by atoms with Gasteiger partial charge in [-0.2, -0.15) is 0 Å². The Kier molecular flexibility index (Phi) is 8.14. The number of cyclic esters (lactones) is 1. The van der Waals surface area contributed by atoms with Gasteiger partial charge in [-0.1, -0.05) is 20.8 Å². The summed E-state index contributed by atoms with van der Waals surface area (Å²) < 4.78 is 17.6. The molecule has 202 valence electrons. The molecule has 2 heterocycles. The molecule has 0 aromatic carbocycles. The maximum Gasteiger partial charge on any atom is 0.407 e. The average molecular weight is 503 g/mol. The van der Waals surface area contributed by atoms with Gasteiger partial charge in [0.05, 0.1) is 6.04 Å². The first-order chi connectivity index (χ1) is 16.5. The number of amides is 1. The van der Waals surface area contributed by atoms with Crippen molar-refractivity contribution < 1.29 is 23.8 Å². The molecule has 36 heavy (non-hydrogen) atoms. The number of carbonyl (C=O) groups excluding carboxylic acids is 2. The standard InChI is InChI=1S/C29H46N2O5/c1-19(2)15-23(31-25(33)35-26(4,5)6)29(24(32)34-27(7,8)36-29)17-22-16-21(20(3)18-30-22)11-10-12-28(9)13-14-28/h16,18-19,23H,10-15,17H2,1-9H3,(H,31,33)/t23-,29+/m0/s1. The predicted octanol–water partition coefficient (Wildman–Crippen LogP) is 6.04. The molecule has 1 saturated heterocycles. The van der Waals surface area contributed by atoms with E-state index < -0.39 is 35.1 Å². The number of rotatable bonds is 10. The fourth-order valence-electron chi connectivity index (χ4n) is 4.96. The number of esters is 1. The Labute approximate surface area is 217 Å². The van der Waals surface area contributed by atoms with Crippen molar-refractivity contribution in [1.82, 2.24) is 10.3 Å². The van der Waals surface area contributed by atoms with Crippen molar-refractivity contribution in [3.8, 4) is 0 Å². The second-order valence-electron chi connectivity index (χ2n) is 13.1. The van der Waals surface area contributed by atoms with Gasteiger partial charge in [-0.25, -0.2) is 9.59 Å². The lowest BCUT2D eigenvalue weighted by Crippen LogP contribution is -2.59. The third kappa shape index (κ3) is 7.44. The van der Waals surface area contributed by atoms with Gasteiger partial charge < -0.3 is 19.5 Å². The zero-order valence-corrected chi connectivity index (χ0v) is 23.7. The van der Waals surface area contributed by atoms with Crippen LogP contribution >= 0.6 is 0 Å². The molecule has 1 amide bonds. The van der Waals surface area contributed by atoms with E-state index in [1.807, 2.05) is 40.8 Å². The summed E-state index contributed by atoms with van der Waals surface area (Å²) in [5, 5.41) is 2.95. The van der Waals surface area contributed by atoms with Crippen LogP contribution in [0.2, 0.25) is 0 Å². The van der Waals surface area contributed by atoms with Crippen LogP contribution in [0.5, 0.6) is 0 Å². The van der Waals surface area contributed by atoms with E-state index in [-0.39, 0.29) is 12.3 Å². The molecule has 1 aliphatic heterocycles. The zero-order valence-electron chi connectivity index (χ0n) is 23.7. The first kappa shape index (κ1) is 28.4. The van der Waals surface area contributed by atoms with E-state index in [4.69, 9.17) is 14.2 Å². The molecule has 1 aromatic heterocycles. The van der Waals surface area contributed by atoms with Crippen molar-refractivity contribution in [3.05, 3.63) is 29.1 Å². The second kappa shape index (κ2) is 10.3. The Balaban J connectivity index is 1.90. The molecule has 0 spiro atoms. The van der Waals surface area contributed by atoms with Crippen molar-refractivity contribution in [2.45, 2.75) is 130 Å². The summed E-state index contributed by atoms with van der Waals surface area (Å²) in [5.41, 5.74) is 1.59. The third-order valence-electron chi connectivity index (χ3n) is 7.12. The van der Waals surface area contributed by atoms with E-state index in [0.717, 1.165) is 24.1 Å². The fraction of sp³-hybridized carbons (Fsp3) is 0.759. The highest BCUT2D eigenvalue weighted by Gasteiger charge is 2.59. The van der Waals surface area contributed by atoms with Crippen LogP contribution in [0.25, 0.3) is 0 Å². The van der Waals surface area contributed by atoms with Gasteiger partial charge in [0.25, 0.3) is 0 Å². The summed E-state index contributed by atoms with van der Waals surface area (Å²) >= 11 is 0. The Morgan fingerprint density at radius 3 is 2.42 bits per heavy atom. The number of hydrogen-bond donors (Lipinski definition) is 1. The summed E-state index contributed by atoms with van der Waals surface area (Å²) in [4.78, 5) is 31.0. The lowest BCUT2D eigenvalue weighted by atomic mass is 9.83. The first-order valence-electron chi connectivity index (χ1n) is 13.4. The number of pyridine rings is 1. The number of nitrogens with zero attached hydrogens (tertiary/aromatic N) is 1. The van der Waals surface area contributed by atoms with Gasteiger partial charge in [0.1, 0.15) is 5.60 Å². The summed E-state index contributed by atoms with van der Waals surface area (Å²) in [5.74, 6) is -1.41. The van der Waals surface area contributed by atoms with E-state index in [0.29, 0.717) is 11.8 Å². The van der Waals surface area contributed by atoms with Gasteiger partial charge in [-0.15, -0.1) is 0 Å². The number of nitrogens with one attached hydrogen (secondary N) is 1. The molecule has 7 heteroatoms. The highest BCUT2D eigenvalue weighted by Crippen LogP contribution is 2.49. The molecule has 2 atom stereocenters. The smallest absolute Gasteiger partial charge is 0.407 e. The quantitative estimate of drug-likeness (QED) is 0.392. The van der Waals surface area contributed by atoms with Crippen LogP contribution in [0.3, 0.4) is 0 Å². The normalized spacial score (nSPS) is 23.3. The minimum Gasteiger partial charge on any atom is -0.444 e. The fourth-order valence-corrected chi connectivity index (χ4v) is 4.96. The minimum absolute atomic E-state index is 0.187. The highest BCUT2D eigenvalue weighted by atomic mass is 16.8. The Bertz CT molecular complexity index is 961. The van der Waals surface area contributed by atoms with Crippen molar-refractivity contribution in [1.29, 1.82) is 0 Å². The maximum absolute atomic E-state index is 13.5. The van der Waals surface area contributed by atoms with Crippen LogP contribution in [-0.4, -0.2) is 40.1 Å². The molecule has 7 nitrogen and oxygen atoms in total. The minimum atomic E-state index is -1.41. The number of aromatic nitrogens is 1. The van der Waals surface area contributed by atoms with Gasteiger partial charge in [0.2, 0.25) is 5.79 Å². The third-order valence-corrected chi connectivity index (χ3v) is 7.12. The summed E-state index contributed by atoms with van der Waals surface area (Å²) in [6.45, 7) is 17.4. The van der Waals surface area contributed by atoms with Crippen molar-refractivity contribution in [2.24, 2.45) is 11.3 Å². The van der Waals surface area contributed by atoms with Gasteiger partial charge in [-0.3, -0.25) is 4.98 Å². The van der Waals surface area contributed by atoms with Gasteiger partial charge in [-0.05, 0) is 94.7 Å². The van der Waals surface area contributed by atoms with Crippen molar-refractivity contribution in [2.75, 3.05) is 0 Å². The monoisotopic (exact) mass is 502 g/mol. The van der Waals surface area contributed by atoms with Crippen LogP contribution in [0.1, 0.15) is 104 Å². The molecule has 0 radical (unpaired) electrons. The lowest BCUT2D eigenvalue weighted by molar-refractivity contribution is -0.170. The zero-order chi connectivity index (χ0) is 26.9. The van der Waals surface area contributed by atoms with Gasteiger partial charge in [0.15, 0.2) is 5.60 Å². The highest BCUT2D eigenvalue weighted by molar-refractivity contribution is 5.84. The van der Waals surface area contributed by atoms with Crippen LogP contribution in [0, 0.1) is 18.3 Å². The first-order valence-corrected chi connectivity index (χ1v) is 13.4. The Hall–Kier alpha value is -2.15. The van der Waals surface area contributed by atoms with E-state index in [1.165, 1.54) is 24.8 Å². The molecule has 2 aliphatic rings. The van der Waals surface area contributed by atoms with Gasteiger partial charge in [0, 0.05) is 32.2 Å². The molecule has 2 fully saturated rings. The molecule has 1 saturated carbocycles. The van der Waals surface area contributed by atoms with Crippen molar-refractivity contribution >= 4 is 12.1 Å². The largest absolute Gasteiger partial charge is 0.444 e. The van der Waals surface area contributed by atoms with Crippen LogP contribution in [0.15, 0.2) is 12.3 Å². The predicted molar refractivity (Wildman–Crippen MR) is 140 cm³/mol. The molecular weight excluding hydrogens is 456 g/mol. The Morgan fingerprint density at radius 1 is 1.22 bits per heavy atom. The lowest BCUT2D eigenvalue weighted by Gasteiger charge is -2.36. The van der Waals surface area contributed by atoms with Crippen LogP contribution in [-0.2, 0) is 31.8 Å². The SMILES string of the molecule is Cc1cnc(C[C@]2([C@H](CC(C)C)NC(=O)OC(C)(C)C)OC(C)(C)OC2=O)cc1CCCC1(C)CC1. The number of carbonyl (C=O) groups is 2. The van der Waals surface area contributed by atoms with Gasteiger partial charge >= 0.3 is 12.1 Å². The number of hydrogen-bond acceptors (Lipinski definition) is 6. The van der Waals surface area contributed by atoms with E-state index in [2.05, 4.69) is 30.2 Å². The van der Waals surface area contributed by atoms with Crippen LogP contribution < -0.4 is 5.32 Å². The van der Waals surface area contributed by atoms with E-state index in [1.54, 1.807) is 13.8 Å². The van der Waals surface area contributed by atoms with Crippen LogP contribution in [0.4, 0.5) is 4.79 Å². The Morgan fingerprint density at radius 2 is 1.89 bits per heavy atom. The number of ether oxygens (including phenoxy) is 3. The molecule has 1 aliphatic carbocycles. The number of alkyl carbamates (subject to hydrolysis) is 1. The van der Waals surface area contributed by atoms with Crippen molar-refractivity contribution in [3.63, 3.8) is 0 Å². The molecule has 1 N–H and O–H groups in total. The molecule has 0 bridgehead atoms. The van der Waals surface area contributed by atoms with E-state index in [9.17, 15) is 9.59 Å². The topological polar surface area (TPSA) is 86.8 Å². The summed E-state index contributed by atoms with van der Waals surface area (Å²) in [7, 11) is 0. The number of aryl methyl sites for hydroxylation is 2. The molecule has 0 unspecified atom stereocenters. The molecular formula is C29H46N2O5.